The Morgan fingerprint density at radius 2 is 1.57 bits per heavy atom. The first-order valence-electron chi connectivity index (χ1n) is 6.68. The van der Waals surface area contributed by atoms with Gasteiger partial charge in [-0.25, -0.2) is 0 Å². The van der Waals surface area contributed by atoms with Crippen LogP contribution in [0.1, 0.15) is 5.56 Å². The maximum absolute atomic E-state index is 12.3. The summed E-state index contributed by atoms with van der Waals surface area (Å²) in [6.45, 7) is 0. The zero-order valence-corrected chi connectivity index (χ0v) is 11.7. The van der Waals surface area contributed by atoms with Gasteiger partial charge in [-0.15, -0.1) is 0 Å². The van der Waals surface area contributed by atoms with Crippen molar-refractivity contribution in [3.05, 3.63) is 90.1 Å². The second-order valence-electron chi connectivity index (χ2n) is 4.80. The highest BCUT2D eigenvalue weighted by molar-refractivity contribution is 5.81. The Hall–Kier alpha value is -3.59. The Morgan fingerprint density at radius 1 is 0.870 bits per heavy atom. The monoisotopic (exact) mass is 303 g/mol. The third kappa shape index (κ3) is 2.51. The Labute approximate surface area is 129 Å². The molecule has 0 aliphatic carbocycles. The summed E-state index contributed by atoms with van der Waals surface area (Å²) in [5.74, 6) is 0. The molecule has 3 rings (SSSR count). The van der Waals surface area contributed by atoms with E-state index in [0.29, 0.717) is 11.3 Å². The maximum Gasteiger partial charge on any atom is 0.257 e. The highest BCUT2D eigenvalue weighted by Crippen LogP contribution is 2.08. The number of nitrogens with zero attached hydrogens (tertiary/aromatic N) is 2. The molecule has 3 aromatic rings. The van der Waals surface area contributed by atoms with Crippen molar-refractivity contribution in [2.24, 2.45) is 5.10 Å². The van der Waals surface area contributed by atoms with Gasteiger partial charge in [0.05, 0.1) is 17.3 Å². The van der Waals surface area contributed by atoms with Gasteiger partial charge in [0.2, 0.25) is 10.9 Å². The van der Waals surface area contributed by atoms with Crippen LogP contribution in [0.2, 0.25) is 0 Å². The van der Waals surface area contributed by atoms with E-state index in [4.69, 9.17) is 5.26 Å². The molecule has 0 saturated carbocycles. The van der Waals surface area contributed by atoms with Crippen LogP contribution in [0.3, 0.4) is 0 Å². The summed E-state index contributed by atoms with van der Waals surface area (Å²) in [5, 5.41) is 12.4. The van der Waals surface area contributed by atoms with Crippen LogP contribution in [0.25, 0.3) is 10.8 Å². The third-order valence-corrected chi connectivity index (χ3v) is 3.34. The van der Waals surface area contributed by atoms with E-state index in [2.05, 4.69) is 10.5 Å². The van der Waals surface area contributed by atoms with E-state index in [1.165, 1.54) is 18.2 Å². The second-order valence-corrected chi connectivity index (χ2v) is 4.80. The number of benzene rings is 3. The molecule has 0 aromatic heterocycles. The molecular weight excluding hydrogens is 294 g/mol. The molecule has 0 radical (unpaired) electrons. The molecule has 6 heteroatoms. The average molecular weight is 303 g/mol. The highest BCUT2D eigenvalue weighted by Gasteiger charge is 2.10. The van der Waals surface area contributed by atoms with E-state index in [1.807, 2.05) is 6.07 Å². The van der Waals surface area contributed by atoms with Crippen LogP contribution in [0.4, 0.5) is 5.69 Å². The molecule has 3 aromatic carbocycles. The number of nitriles is 1. The Balaban J connectivity index is 2.20. The normalized spacial score (nSPS) is 11.3. The topological polar surface area (TPSA) is 99.4 Å². The number of hydrogen-bond acceptors (Lipinski definition) is 6. The summed E-state index contributed by atoms with van der Waals surface area (Å²) in [7, 11) is 0. The highest BCUT2D eigenvalue weighted by atomic mass is 16.2. The van der Waals surface area contributed by atoms with E-state index >= 15 is 0 Å². The predicted octanol–water partition coefficient (Wildman–Crippen LogP) is 0.595. The molecule has 23 heavy (non-hydrogen) atoms. The van der Waals surface area contributed by atoms with E-state index < -0.39 is 21.6 Å². The molecule has 0 aliphatic heterocycles. The second kappa shape index (κ2) is 5.66. The van der Waals surface area contributed by atoms with Crippen LogP contribution in [-0.4, -0.2) is 0 Å². The lowest BCUT2D eigenvalue weighted by molar-refractivity contribution is 1.17. The van der Waals surface area contributed by atoms with Gasteiger partial charge in [0.25, 0.3) is 5.43 Å². The third-order valence-electron chi connectivity index (χ3n) is 3.34. The molecule has 0 atom stereocenters. The molecule has 0 unspecified atom stereocenters. The lowest BCUT2D eigenvalue weighted by Gasteiger charge is -1.99. The van der Waals surface area contributed by atoms with Crippen molar-refractivity contribution in [3.8, 4) is 6.07 Å². The van der Waals surface area contributed by atoms with Crippen molar-refractivity contribution in [1.29, 1.82) is 5.26 Å². The summed E-state index contributed by atoms with van der Waals surface area (Å²) in [6.07, 6.45) is 0. The molecule has 0 fully saturated rings. The van der Waals surface area contributed by atoms with Gasteiger partial charge in [-0.2, -0.15) is 10.4 Å². The first-order valence-corrected chi connectivity index (χ1v) is 6.68. The number of fused-ring (bicyclic) bond motifs is 1. The smallest absolute Gasteiger partial charge is 0.257 e. The van der Waals surface area contributed by atoms with E-state index in [1.54, 1.807) is 30.3 Å². The van der Waals surface area contributed by atoms with Crippen molar-refractivity contribution in [2.45, 2.75) is 0 Å². The molecule has 0 heterocycles. The van der Waals surface area contributed by atoms with Crippen molar-refractivity contribution in [1.82, 2.24) is 0 Å². The van der Waals surface area contributed by atoms with Gasteiger partial charge < -0.3 is 0 Å². The Morgan fingerprint density at radius 3 is 2.26 bits per heavy atom. The largest absolute Gasteiger partial charge is 0.287 e. The summed E-state index contributed by atoms with van der Waals surface area (Å²) in [5.41, 5.74) is 1.07. The van der Waals surface area contributed by atoms with Gasteiger partial charge in [-0.1, -0.05) is 30.3 Å². The minimum Gasteiger partial charge on any atom is -0.287 e. The zero-order valence-electron chi connectivity index (χ0n) is 11.7. The molecule has 0 saturated heterocycles. The van der Waals surface area contributed by atoms with E-state index in [9.17, 15) is 14.4 Å². The minimum absolute atomic E-state index is 0.0907. The van der Waals surface area contributed by atoms with Crippen LogP contribution in [-0.2, 0) is 0 Å². The summed E-state index contributed by atoms with van der Waals surface area (Å²) < 4.78 is 0. The fourth-order valence-corrected chi connectivity index (χ4v) is 2.22. The van der Waals surface area contributed by atoms with E-state index in [0.717, 1.165) is 0 Å². The first-order chi connectivity index (χ1) is 11.1. The quantitative estimate of drug-likeness (QED) is 0.552. The Bertz CT molecular complexity index is 1170. The van der Waals surface area contributed by atoms with Gasteiger partial charge in [-0.3, -0.25) is 19.8 Å². The number of rotatable bonds is 2. The van der Waals surface area contributed by atoms with Crippen molar-refractivity contribution < 1.29 is 0 Å². The number of anilines is 1. The molecule has 110 valence electrons. The van der Waals surface area contributed by atoms with Crippen LogP contribution in [0, 0.1) is 11.3 Å². The fourth-order valence-electron chi connectivity index (χ4n) is 2.22. The molecule has 0 amide bonds. The van der Waals surface area contributed by atoms with Crippen LogP contribution in [0.15, 0.2) is 68.0 Å². The lowest BCUT2D eigenvalue weighted by Crippen LogP contribution is -2.48. The average Bonchev–Trinajstić information content (AvgIpc) is 2.60. The fraction of sp³-hybridized carbons (Fsp3) is 0. The number of hydrogen-bond donors (Lipinski definition) is 1. The van der Waals surface area contributed by atoms with E-state index in [-0.39, 0.29) is 10.8 Å². The van der Waals surface area contributed by atoms with Gasteiger partial charge in [-0.05, 0) is 18.2 Å². The van der Waals surface area contributed by atoms with Gasteiger partial charge >= 0.3 is 0 Å². The summed E-state index contributed by atoms with van der Waals surface area (Å²) >= 11 is 0. The number of nitrogens with one attached hydrogen (secondary N) is 1. The van der Waals surface area contributed by atoms with Crippen molar-refractivity contribution in [3.63, 3.8) is 0 Å². The van der Waals surface area contributed by atoms with Crippen LogP contribution < -0.4 is 27.1 Å². The summed E-state index contributed by atoms with van der Waals surface area (Å²) in [4.78, 5) is 36.4. The molecule has 0 aliphatic rings. The molecule has 1 N–H and O–H groups in total. The zero-order chi connectivity index (χ0) is 16.4. The van der Waals surface area contributed by atoms with Crippen molar-refractivity contribution in [2.75, 3.05) is 5.43 Å². The molecular formula is C17H9N3O3. The maximum atomic E-state index is 12.3. The SMILES string of the molecule is N#Cc1cccc(N/N=c2\c(=O)c(=O)c3ccccc3c2=O)c1. The lowest BCUT2D eigenvalue weighted by atomic mass is 10.1. The summed E-state index contributed by atoms with van der Waals surface area (Å²) in [6, 6.07) is 14.5. The van der Waals surface area contributed by atoms with Gasteiger partial charge in [0.15, 0.2) is 5.36 Å². The van der Waals surface area contributed by atoms with Crippen LogP contribution in [0.5, 0.6) is 0 Å². The molecule has 6 nitrogen and oxygen atoms in total. The van der Waals surface area contributed by atoms with Gasteiger partial charge in [0.1, 0.15) is 0 Å². The van der Waals surface area contributed by atoms with Crippen LogP contribution >= 0.6 is 0 Å². The molecule has 0 bridgehead atoms. The minimum atomic E-state index is -0.947. The predicted molar refractivity (Wildman–Crippen MR) is 85.5 cm³/mol. The molecule has 0 spiro atoms. The van der Waals surface area contributed by atoms with Gasteiger partial charge in [0, 0.05) is 10.8 Å². The first kappa shape index (κ1) is 14.4. The van der Waals surface area contributed by atoms with Crippen molar-refractivity contribution >= 4 is 16.5 Å². The Kier molecular flexibility index (Phi) is 3.53. The standard InChI is InChI=1S/C17H9N3O3/c18-9-10-4-3-5-11(8-10)19-20-14-15(21)12-6-1-2-7-13(12)16(22)17(14)23/h1-8,19H/b20-14-.